The summed E-state index contributed by atoms with van der Waals surface area (Å²) in [7, 11) is 0. The molecule has 0 bridgehead atoms. The number of ketones is 1. The molecule has 0 aliphatic heterocycles. The van der Waals surface area contributed by atoms with Gasteiger partial charge in [0.2, 0.25) is 0 Å². The van der Waals surface area contributed by atoms with Crippen molar-refractivity contribution in [3.05, 3.63) is 57.3 Å². The monoisotopic (exact) mass is 242 g/mol. The van der Waals surface area contributed by atoms with E-state index in [1.807, 2.05) is 24.3 Å². The lowest BCUT2D eigenvalue weighted by molar-refractivity contribution is 0.101. The number of Topliss-reactive ketones (excluding diaryl/α,β-unsaturated/α-hetero) is 1. The summed E-state index contributed by atoms with van der Waals surface area (Å²) in [6.07, 6.45) is 4.16. The molecule has 1 nitrogen and oxygen atoms in total. The van der Waals surface area contributed by atoms with Gasteiger partial charge >= 0.3 is 0 Å². The molecule has 0 fully saturated rings. The zero-order valence-corrected chi connectivity index (χ0v) is 10.8. The van der Waals surface area contributed by atoms with Gasteiger partial charge in [-0.2, -0.15) is 0 Å². The van der Waals surface area contributed by atoms with Crippen LogP contribution in [0.2, 0.25) is 0 Å². The molecule has 0 unspecified atom stereocenters. The summed E-state index contributed by atoms with van der Waals surface area (Å²) in [5.74, 6) is 0.106. The van der Waals surface area contributed by atoms with Crippen molar-refractivity contribution in [2.45, 2.75) is 13.8 Å². The van der Waals surface area contributed by atoms with Gasteiger partial charge in [-0.25, -0.2) is 0 Å². The molecule has 0 atom stereocenters. The smallest absolute Gasteiger partial charge is 0.159 e. The molecule has 0 aliphatic carbocycles. The summed E-state index contributed by atoms with van der Waals surface area (Å²) in [6.45, 7) is 3.68. The lowest BCUT2D eigenvalue weighted by atomic mass is 10.1. The Morgan fingerprint density at radius 1 is 1.18 bits per heavy atom. The Morgan fingerprint density at radius 3 is 2.41 bits per heavy atom. The summed E-state index contributed by atoms with van der Waals surface area (Å²) >= 11 is 1.74. The van der Waals surface area contributed by atoms with Crippen LogP contribution in [-0.4, -0.2) is 5.78 Å². The fraction of sp³-hybridized carbons (Fsp3) is 0.133. The first-order valence-electron chi connectivity index (χ1n) is 5.49. The van der Waals surface area contributed by atoms with E-state index < -0.39 is 0 Å². The van der Waals surface area contributed by atoms with E-state index in [1.54, 1.807) is 18.3 Å². The first kappa shape index (κ1) is 11.8. The van der Waals surface area contributed by atoms with E-state index in [0.717, 1.165) is 11.1 Å². The molecule has 0 aliphatic rings. The fourth-order valence-corrected chi connectivity index (χ4v) is 2.34. The summed E-state index contributed by atoms with van der Waals surface area (Å²) in [5.41, 5.74) is 3.16. The topological polar surface area (TPSA) is 17.1 Å². The number of benzene rings is 1. The van der Waals surface area contributed by atoms with Gasteiger partial charge in [-0.05, 0) is 42.5 Å². The molecule has 0 N–H and O–H groups in total. The van der Waals surface area contributed by atoms with Crippen molar-refractivity contribution in [3.8, 4) is 0 Å². The molecule has 86 valence electrons. The standard InChI is InChI=1S/C15H14OS/c1-11-9-15(17-10-11)8-5-13-3-6-14(7-4-13)12(2)16/h3-10H,1-2H3. The van der Waals surface area contributed by atoms with Gasteiger partial charge in [-0.3, -0.25) is 4.79 Å². The third kappa shape index (κ3) is 3.14. The molecule has 2 aromatic rings. The zero-order chi connectivity index (χ0) is 12.3. The van der Waals surface area contributed by atoms with E-state index in [9.17, 15) is 4.79 Å². The van der Waals surface area contributed by atoms with Gasteiger partial charge in [0, 0.05) is 10.4 Å². The number of hydrogen-bond acceptors (Lipinski definition) is 2. The summed E-state index contributed by atoms with van der Waals surface area (Å²) in [5, 5.41) is 2.14. The fourth-order valence-electron chi connectivity index (χ4n) is 1.55. The van der Waals surface area contributed by atoms with Crippen LogP contribution >= 0.6 is 11.3 Å². The van der Waals surface area contributed by atoms with Gasteiger partial charge in [0.25, 0.3) is 0 Å². The number of rotatable bonds is 3. The molecule has 0 saturated carbocycles. The predicted octanol–water partition coefficient (Wildman–Crippen LogP) is 4.43. The van der Waals surface area contributed by atoms with Crippen molar-refractivity contribution in [3.63, 3.8) is 0 Å². The van der Waals surface area contributed by atoms with Gasteiger partial charge in [-0.15, -0.1) is 11.3 Å². The minimum atomic E-state index is 0.106. The van der Waals surface area contributed by atoms with Crippen LogP contribution in [0.25, 0.3) is 12.2 Å². The normalized spacial score (nSPS) is 10.9. The number of carbonyl (C=O) groups excluding carboxylic acids is 1. The van der Waals surface area contributed by atoms with Gasteiger partial charge in [0.05, 0.1) is 0 Å². The molecule has 0 saturated heterocycles. The number of hydrogen-bond donors (Lipinski definition) is 0. The Kier molecular flexibility index (Phi) is 3.55. The minimum Gasteiger partial charge on any atom is -0.295 e. The van der Waals surface area contributed by atoms with E-state index >= 15 is 0 Å². The van der Waals surface area contributed by atoms with E-state index in [-0.39, 0.29) is 5.78 Å². The molecule has 17 heavy (non-hydrogen) atoms. The largest absolute Gasteiger partial charge is 0.295 e. The minimum absolute atomic E-state index is 0.106. The van der Waals surface area contributed by atoms with Crippen LogP contribution < -0.4 is 0 Å². The van der Waals surface area contributed by atoms with Gasteiger partial charge in [0.1, 0.15) is 0 Å². The first-order valence-corrected chi connectivity index (χ1v) is 6.37. The van der Waals surface area contributed by atoms with Crippen molar-refractivity contribution in [2.24, 2.45) is 0 Å². The van der Waals surface area contributed by atoms with Crippen molar-refractivity contribution in [1.29, 1.82) is 0 Å². The summed E-state index contributed by atoms with van der Waals surface area (Å²) in [6, 6.07) is 9.82. The highest BCUT2D eigenvalue weighted by Crippen LogP contribution is 2.17. The molecular weight excluding hydrogens is 228 g/mol. The number of carbonyl (C=O) groups is 1. The van der Waals surface area contributed by atoms with Crippen LogP contribution in [0.4, 0.5) is 0 Å². The number of aryl methyl sites for hydroxylation is 1. The zero-order valence-electron chi connectivity index (χ0n) is 9.94. The maximum atomic E-state index is 11.1. The van der Waals surface area contributed by atoms with Crippen LogP contribution in [-0.2, 0) is 0 Å². The average Bonchev–Trinajstić information content (AvgIpc) is 2.73. The maximum absolute atomic E-state index is 11.1. The van der Waals surface area contributed by atoms with E-state index in [2.05, 4.69) is 30.5 Å². The molecule has 1 heterocycles. The van der Waals surface area contributed by atoms with Gasteiger partial charge in [0.15, 0.2) is 5.78 Å². The first-order chi connectivity index (χ1) is 8.15. The van der Waals surface area contributed by atoms with Crippen LogP contribution in [0.1, 0.15) is 33.3 Å². The second-order valence-corrected chi connectivity index (χ2v) is 4.98. The second kappa shape index (κ2) is 5.11. The highest BCUT2D eigenvalue weighted by atomic mass is 32.1. The lowest BCUT2D eigenvalue weighted by Crippen LogP contribution is -1.90. The second-order valence-electron chi connectivity index (χ2n) is 4.04. The Balaban J connectivity index is 2.13. The van der Waals surface area contributed by atoms with Crippen LogP contribution in [0.5, 0.6) is 0 Å². The van der Waals surface area contributed by atoms with Crippen molar-refractivity contribution < 1.29 is 4.79 Å². The van der Waals surface area contributed by atoms with Crippen molar-refractivity contribution in [2.75, 3.05) is 0 Å². The van der Waals surface area contributed by atoms with E-state index in [1.165, 1.54) is 10.4 Å². The highest BCUT2D eigenvalue weighted by molar-refractivity contribution is 7.11. The Hall–Kier alpha value is -1.67. The molecule has 2 rings (SSSR count). The Bertz CT molecular complexity index is 547. The molecule has 1 aromatic carbocycles. The summed E-state index contributed by atoms with van der Waals surface area (Å²) in [4.78, 5) is 12.4. The molecule has 0 spiro atoms. The van der Waals surface area contributed by atoms with Gasteiger partial charge in [-0.1, -0.05) is 30.3 Å². The summed E-state index contributed by atoms with van der Waals surface area (Å²) < 4.78 is 0. The SMILES string of the molecule is CC(=O)c1ccc(C=Cc2cc(C)cs2)cc1. The lowest BCUT2D eigenvalue weighted by Gasteiger charge is -1.96. The molecular formula is C15H14OS. The van der Waals surface area contributed by atoms with Crippen molar-refractivity contribution >= 4 is 29.3 Å². The number of thiophene rings is 1. The van der Waals surface area contributed by atoms with E-state index in [0.29, 0.717) is 0 Å². The van der Waals surface area contributed by atoms with Crippen LogP contribution in [0.3, 0.4) is 0 Å². The van der Waals surface area contributed by atoms with Crippen LogP contribution in [0.15, 0.2) is 35.7 Å². The van der Waals surface area contributed by atoms with Gasteiger partial charge < -0.3 is 0 Å². The highest BCUT2D eigenvalue weighted by Gasteiger charge is 1.97. The molecule has 0 radical (unpaired) electrons. The Labute approximate surface area is 105 Å². The molecule has 2 heteroatoms. The average molecular weight is 242 g/mol. The molecule has 0 amide bonds. The quantitative estimate of drug-likeness (QED) is 0.728. The maximum Gasteiger partial charge on any atom is 0.159 e. The van der Waals surface area contributed by atoms with Crippen LogP contribution in [0, 0.1) is 6.92 Å². The molecule has 1 aromatic heterocycles. The Morgan fingerprint density at radius 2 is 1.88 bits per heavy atom. The van der Waals surface area contributed by atoms with E-state index in [4.69, 9.17) is 0 Å². The predicted molar refractivity (Wildman–Crippen MR) is 74.4 cm³/mol. The van der Waals surface area contributed by atoms with Crippen molar-refractivity contribution in [1.82, 2.24) is 0 Å². The third-order valence-corrected chi connectivity index (χ3v) is 3.52. The third-order valence-electron chi connectivity index (χ3n) is 2.51.